The Morgan fingerprint density at radius 2 is 1.43 bits per heavy atom. The lowest BCUT2D eigenvalue weighted by Crippen LogP contribution is -2.49. The lowest BCUT2D eigenvalue weighted by molar-refractivity contribution is -0.167. The van der Waals surface area contributed by atoms with E-state index in [1.54, 1.807) is 33.8 Å². The number of benzene rings is 2. The maximum atomic E-state index is 14.3. The number of nitrogens with zero attached hydrogens (tertiary/aromatic N) is 4. The number of aromatic nitrogens is 1. The number of carbonyl (C=O) groups excluding carboxylic acids is 2. The largest absolute Gasteiger partial charge is 0.459 e. The molecule has 9 nitrogen and oxygen atoms in total. The number of alkyl halides is 9. The van der Waals surface area contributed by atoms with Gasteiger partial charge >= 0.3 is 30.6 Å². The van der Waals surface area contributed by atoms with Gasteiger partial charge < -0.3 is 24.0 Å². The molecule has 1 amide bonds. The highest BCUT2D eigenvalue weighted by Gasteiger charge is 2.43. The fourth-order valence-electron chi connectivity index (χ4n) is 6.80. The van der Waals surface area contributed by atoms with Gasteiger partial charge in [-0.2, -0.15) is 39.5 Å². The van der Waals surface area contributed by atoms with Gasteiger partial charge in [0.25, 0.3) is 0 Å². The standard InChI is InChI=1S/C40H45F9N4O5/c1-7-28-20-32(30-19-25(38(41,42)43)8-10-31(30)53(28)35(55)57-23-37(5,6)34(54)58-36(2,3)4)52(33-11-9-29(21-50-33)51-12-14-56-15-13-51)22-24-16-26(39(44,45)46)18-27(17-24)40(47,48)49/h8-11,16-19,21,28,32H,7,12-15,20,22-23H2,1-6H3/t28-,32+/m1/s1. The smallest absolute Gasteiger partial charge is 0.416 e. The van der Waals surface area contributed by atoms with Crippen LogP contribution in [0.1, 0.15) is 88.2 Å². The molecule has 1 aromatic heterocycles. The Balaban J connectivity index is 1.63. The fourth-order valence-corrected chi connectivity index (χ4v) is 6.80. The van der Waals surface area contributed by atoms with Crippen molar-refractivity contribution in [3.05, 3.63) is 82.5 Å². The highest BCUT2D eigenvalue weighted by Crippen LogP contribution is 2.47. The lowest BCUT2D eigenvalue weighted by atomic mass is 9.87. The second-order valence-corrected chi connectivity index (χ2v) is 15.9. The minimum absolute atomic E-state index is 0.00452. The average Bonchev–Trinajstić information content (AvgIpc) is 3.13. The van der Waals surface area contributed by atoms with Crippen molar-refractivity contribution in [2.45, 2.75) is 97.1 Å². The first-order valence-electron chi connectivity index (χ1n) is 18.5. The zero-order chi connectivity index (χ0) is 43.0. The van der Waals surface area contributed by atoms with Gasteiger partial charge in [0.2, 0.25) is 0 Å². The molecule has 0 saturated carbocycles. The topological polar surface area (TPSA) is 84.4 Å². The molecule has 0 radical (unpaired) electrons. The van der Waals surface area contributed by atoms with Crippen molar-refractivity contribution >= 4 is 29.3 Å². The Bertz CT molecular complexity index is 1900. The van der Waals surface area contributed by atoms with E-state index in [9.17, 15) is 49.1 Å². The fraction of sp³-hybridized carbons (Fsp3) is 0.525. The van der Waals surface area contributed by atoms with Crippen molar-refractivity contribution < 1.29 is 63.3 Å². The molecule has 2 atom stereocenters. The van der Waals surface area contributed by atoms with E-state index in [0.29, 0.717) is 44.1 Å². The molecule has 2 aromatic carbocycles. The maximum absolute atomic E-state index is 14.3. The number of hydrogen-bond acceptors (Lipinski definition) is 8. The summed E-state index contributed by atoms with van der Waals surface area (Å²) in [4.78, 5) is 35.9. The van der Waals surface area contributed by atoms with Crippen LogP contribution in [0.3, 0.4) is 0 Å². The van der Waals surface area contributed by atoms with Gasteiger partial charge in [0, 0.05) is 25.7 Å². The predicted octanol–water partition coefficient (Wildman–Crippen LogP) is 10.2. The first-order chi connectivity index (χ1) is 26.8. The summed E-state index contributed by atoms with van der Waals surface area (Å²) in [7, 11) is 0. The summed E-state index contributed by atoms with van der Waals surface area (Å²) in [6, 6.07) is 4.93. The molecule has 2 aliphatic rings. The normalized spacial score (nSPS) is 18.1. The number of ether oxygens (including phenoxy) is 3. The third-order valence-electron chi connectivity index (χ3n) is 9.79. The Hall–Kier alpha value is -4.74. The molecule has 3 aromatic rings. The van der Waals surface area contributed by atoms with E-state index in [4.69, 9.17) is 14.2 Å². The number of anilines is 3. The molecule has 18 heteroatoms. The number of rotatable bonds is 9. The zero-order valence-electron chi connectivity index (χ0n) is 32.7. The summed E-state index contributed by atoms with van der Waals surface area (Å²) in [5.41, 5.74) is -6.36. The zero-order valence-corrected chi connectivity index (χ0v) is 32.7. The Morgan fingerprint density at radius 1 is 0.828 bits per heavy atom. The number of pyridine rings is 1. The van der Waals surface area contributed by atoms with Crippen LogP contribution in [0.25, 0.3) is 0 Å². The van der Waals surface area contributed by atoms with Gasteiger partial charge in [-0.15, -0.1) is 0 Å². The maximum Gasteiger partial charge on any atom is 0.416 e. The van der Waals surface area contributed by atoms with Gasteiger partial charge in [0.1, 0.15) is 18.0 Å². The van der Waals surface area contributed by atoms with Crippen LogP contribution >= 0.6 is 0 Å². The number of halogens is 9. The van der Waals surface area contributed by atoms with E-state index < -0.39 is 89.1 Å². The first-order valence-corrected chi connectivity index (χ1v) is 18.5. The monoisotopic (exact) mass is 832 g/mol. The van der Waals surface area contributed by atoms with Crippen LogP contribution in [-0.2, 0) is 44.1 Å². The second-order valence-electron chi connectivity index (χ2n) is 15.9. The van der Waals surface area contributed by atoms with E-state index in [2.05, 4.69) is 4.98 Å². The number of carbonyl (C=O) groups is 2. The summed E-state index contributed by atoms with van der Waals surface area (Å²) in [6.07, 6.45) is -14.7. The van der Waals surface area contributed by atoms with E-state index in [0.717, 1.165) is 23.1 Å². The molecule has 0 unspecified atom stereocenters. The molecule has 1 fully saturated rings. The van der Waals surface area contributed by atoms with Gasteiger partial charge in [-0.25, -0.2) is 9.78 Å². The van der Waals surface area contributed by atoms with E-state index >= 15 is 0 Å². The Morgan fingerprint density at radius 3 is 1.95 bits per heavy atom. The summed E-state index contributed by atoms with van der Waals surface area (Å²) in [5, 5.41) is 0. The highest BCUT2D eigenvalue weighted by atomic mass is 19.4. The van der Waals surface area contributed by atoms with Crippen LogP contribution in [0.2, 0.25) is 0 Å². The quantitative estimate of drug-likeness (QED) is 0.156. The second kappa shape index (κ2) is 16.5. The molecule has 5 rings (SSSR count). The molecule has 0 aliphatic carbocycles. The van der Waals surface area contributed by atoms with E-state index in [1.807, 2.05) is 4.90 Å². The van der Waals surface area contributed by atoms with Crippen molar-refractivity contribution in [3.63, 3.8) is 0 Å². The van der Waals surface area contributed by atoms with Gasteiger partial charge in [0.05, 0.1) is 58.9 Å². The van der Waals surface area contributed by atoms with Crippen LogP contribution in [0.5, 0.6) is 0 Å². The van der Waals surface area contributed by atoms with E-state index in [1.165, 1.54) is 31.0 Å². The van der Waals surface area contributed by atoms with Crippen LogP contribution in [0, 0.1) is 5.41 Å². The summed E-state index contributed by atoms with van der Waals surface area (Å²) in [5.74, 6) is -0.624. The number of hydrogen-bond donors (Lipinski definition) is 0. The summed E-state index contributed by atoms with van der Waals surface area (Å²) < 4.78 is 144. The van der Waals surface area contributed by atoms with Gasteiger partial charge in [-0.3, -0.25) is 9.69 Å². The highest BCUT2D eigenvalue weighted by molar-refractivity contribution is 5.91. The van der Waals surface area contributed by atoms with E-state index in [-0.39, 0.29) is 36.0 Å². The first kappa shape index (κ1) is 44.4. The molecule has 58 heavy (non-hydrogen) atoms. The Labute approximate surface area is 330 Å². The molecule has 2 aliphatic heterocycles. The minimum atomic E-state index is -5.16. The third kappa shape index (κ3) is 10.5. The number of esters is 1. The van der Waals surface area contributed by atoms with Gasteiger partial charge in [-0.05, 0) is 107 Å². The van der Waals surface area contributed by atoms with Gasteiger partial charge in [0.15, 0.2) is 0 Å². The van der Waals surface area contributed by atoms with Crippen molar-refractivity contribution in [2.24, 2.45) is 5.41 Å². The molecule has 318 valence electrons. The molecule has 1 saturated heterocycles. The van der Waals surface area contributed by atoms with Gasteiger partial charge in [-0.1, -0.05) is 6.92 Å². The molecule has 0 N–H and O–H groups in total. The SMILES string of the molecule is CC[C@@H]1C[C@H](N(Cc2cc(C(F)(F)F)cc(C(F)(F)F)c2)c2ccc(N3CCOCC3)cn2)c2cc(C(F)(F)F)ccc2N1C(=O)OCC(C)(C)C(=O)OC(C)(C)C. The number of fused-ring (bicyclic) bond motifs is 1. The molecular weight excluding hydrogens is 787 g/mol. The summed E-state index contributed by atoms with van der Waals surface area (Å²) in [6.45, 7) is 10.5. The lowest BCUT2D eigenvalue weighted by Gasteiger charge is -2.45. The van der Waals surface area contributed by atoms with Crippen molar-refractivity contribution in [3.8, 4) is 0 Å². The molecular formula is C40H45F9N4O5. The predicted molar refractivity (Wildman–Crippen MR) is 196 cm³/mol. The van der Waals surface area contributed by atoms with Crippen LogP contribution in [-0.4, -0.2) is 61.6 Å². The number of morpholine rings is 1. The van der Waals surface area contributed by atoms with Crippen molar-refractivity contribution in [1.29, 1.82) is 0 Å². The van der Waals surface area contributed by atoms with Crippen LogP contribution < -0.4 is 14.7 Å². The minimum Gasteiger partial charge on any atom is -0.459 e. The molecule has 0 bridgehead atoms. The average molecular weight is 833 g/mol. The Kier molecular flexibility index (Phi) is 12.6. The molecule has 0 spiro atoms. The van der Waals surface area contributed by atoms with Crippen LogP contribution in [0.4, 0.5) is 61.5 Å². The van der Waals surface area contributed by atoms with Crippen LogP contribution in [0.15, 0.2) is 54.7 Å². The third-order valence-corrected chi connectivity index (χ3v) is 9.79. The van der Waals surface area contributed by atoms with Crippen molar-refractivity contribution in [1.82, 2.24) is 4.98 Å². The summed E-state index contributed by atoms with van der Waals surface area (Å²) >= 11 is 0. The molecule has 3 heterocycles. The number of amides is 1. The van der Waals surface area contributed by atoms with Crippen molar-refractivity contribution in [2.75, 3.05) is 47.6 Å².